The van der Waals surface area contributed by atoms with Crippen molar-refractivity contribution in [2.75, 3.05) is 31.2 Å². The summed E-state index contributed by atoms with van der Waals surface area (Å²) in [6.07, 6.45) is 0. The van der Waals surface area contributed by atoms with Crippen molar-refractivity contribution < 1.29 is 13.9 Å². The van der Waals surface area contributed by atoms with E-state index in [0.717, 1.165) is 18.8 Å². The van der Waals surface area contributed by atoms with Gasteiger partial charge in [-0.15, -0.1) is 0 Å². The molecule has 0 radical (unpaired) electrons. The van der Waals surface area contributed by atoms with Gasteiger partial charge in [0.15, 0.2) is 0 Å². The zero-order valence-corrected chi connectivity index (χ0v) is 15.8. The molecule has 1 aliphatic rings. The van der Waals surface area contributed by atoms with Crippen molar-refractivity contribution in [3.8, 4) is 0 Å². The first-order valence-corrected chi connectivity index (χ1v) is 9.09. The van der Waals surface area contributed by atoms with Gasteiger partial charge in [-0.2, -0.15) is 0 Å². The molecule has 0 aromatic heterocycles. The summed E-state index contributed by atoms with van der Waals surface area (Å²) in [5, 5.41) is 3.10. The lowest BCUT2D eigenvalue weighted by molar-refractivity contribution is 0.0939. The van der Waals surface area contributed by atoms with E-state index in [1.54, 1.807) is 19.1 Å². The van der Waals surface area contributed by atoms with Crippen LogP contribution in [0.15, 0.2) is 36.4 Å². The Balaban J connectivity index is 1.68. The largest absolute Gasteiger partial charge is 0.378 e. The topological polar surface area (TPSA) is 41.6 Å². The number of anilines is 1. The zero-order valence-electron chi connectivity index (χ0n) is 14.3. The molecule has 1 N–H and O–H groups in total. The summed E-state index contributed by atoms with van der Waals surface area (Å²) in [6.45, 7) is 4.83. The number of carbonyl (C=O) groups is 1. The van der Waals surface area contributed by atoms with E-state index in [-0.39, 0.29) is 10.9 Å². The Morgan fingerprint density at radius 3 is 2.46 bits per heavy atom. The zero-order chi connectivity index (χ0) is 18.7. The van der Waals surface area contributed by atoms with Crippen LogP contribution < -0.4 is 10.2 Å². The molecule has 0 bridgehead atoms. The number of hydrogen-bond acceptors (Lipinski definition) is 3. The monoisotopic (exact) mass is 396 g/mol. The van der Waals surface area contributed by atoms with Crippen LogP contribution in [0.2, 0.25) is 10.0 Å². The van der Waals surface area contributed by atoms with E-state index >= 15 is 0 Å². The van der Waals surface area contributed by atoms with Crippen molar-refractivity contribution in [2.45, 2.75) is 13.0 Å². The van der Waals surface area contributed by atoms with Crippen LogP contribution in [0.5, 0.6) is 0 Å². The Kier molecular flexibility index (Phi) is 6.01. The predicted molar refractivity (Wildman–Crippen MR) is 102 cm³/mol. The lowest BCUT2D eigenvalue weighted by atomic mass is 10.1. The molecule has 0 aliphatic carbocycles. The van der Waals surface area contributed by atoms with Gasteiger partial charge in [0.1, 0.15) is 5.82 Å². The number of carbonyl (C=O) groups excluding carboxylic acids is 1. The van der Waals surface area contributed by atoms with Crippen molar-refractivity contribution in [1.29, 1.82) is 0 Å². The first kappa shape index (κ1) is 19.0. The smallest absolute Gasteiger partial charge is 0.251 e. The third-order valence-corrected chi connectivity index (χ3v) is 4.98. The van der Waals surface area contributed by atoms with Crippen LogP contribution in [0.3, 0.4) is 0 Å². The van der Waals surface area contributed by atoms with Crippen LogP contribution >= 0.6 is 23.2 Å². The Morgan fingerprint density at radius 1 is 1.15 bits per heavy atom. The van der Waals surface area contributed by atoms with Crippen LogP contribution in [0.1, 0.15) is 28.9 Å². The van der Waals surface area contributed by atoms with Gasteiger partial charge in [-0.3, -0.25) is 4.79 Å². The average molecular weight is 397 g/mol. The molecule has 1 atom stereocenters. The molecule has 0 saturated carbocycles. The fraction of sp³-hybridized carbons (Fsp3) is 0.316. The molecule has 1 amide bonds. The Labute approximate surface area is 161 Å². The Bertz CT molecular complexity index is 793. The van der Waals surface area contributed by atoms with E-state index in [2.05, 4.69) is 10.2 Å². The maximum atomic E-state index is 13.7. The number of rotatable bonds is 4. The standard InChI is InChI=1S/C19H19Cl2FN2O2/c1-12(15-10-18(22)17(21)11-16(15)20)23-19(25)13-2-4-14(5-3-13)24-6-8-26-9-7-24/h2-5,10-12H,6-9H2,1H3,(H,23,25). The average Bonchev–Trinajstić information content (AvgIpc) is 2.65. The van der Waals surface area contributed by atoms with Gasteiger partial charge in [0.2, 0.25) is 0 Å². The number of halogens is 3. The van der Waals surface area contributed by atoms with E-state index in [4.69, 9.17) is 27.9 Å². The number of amides is 1. The van der Waals surface area contributed by atoms with Gasteiger partial charge < -0.3 is 15.0 Å². The van der Waals surface area contributed by atoms with Gasteiger partial charge in [0.25, 0.3) is 5.91 Å². The summed E-state index contributed by atoms with van der Waals surface area (Å²) in [6, 6.07) is 9.51. The Hall–Kier alpha value is -1.82. The second-order valence-electron chi connectivity index (χ2n) is 6.13. The molecular weight excluding hydrogens is 378 g/mol. The first-order chi connectivity index (χ1) is 12.5. The second kappa shape index (κ2) is 8.25. The van der Waals surface area contributed by atoms with Gasteiger partial charge in [0, 0.05) is 29.4 Å². The van der Waals surface area contributed by atoms with Crippen molar-refractivity contribution in [3.63, 3.8) is 0 Å². The SMILES string of the molecule is CC(NC(=O)c1ccc(N2CCOCC2)cc1)c1cc(F)c(Cl)cc1Cl. The molecule has 1 heterocycles. The van der Waals surface area contributed by atoms with Gasteiger partial charge in [-0.25, -0.2) is 4.39 Å². The molecule has 1 fully saturated rings. The maximum Gasteiger partial charge on any atom is 0.251 e. The summed E-state index contributed by atoms with van der Waals surface area (Å²) in [5.41, 5.74) is 2.06. The quantitative estimate of drug-likeness (QED) is 0.775. The molecule has 26 heavy (non-hydrogen) atoms. The molecular formula is C19H19Cl2FN2O2. The van der Waals surface area contributed by atoms with Gasteiger partial charge in [-0.05, 0) is 48.9 Å². The highest BCUT2D eigenvalue weighted by Gasteiger charge is 2.17. The lowest BCUT2D eigenvalue weighted by Crippen LogP contribution is -2.36. The minimum absolute atomic E-state index is 0.0454. The third-order valence-electron chi connectivity index (χ3n) is 4.36. The van der Waals surface area contributed by atoms with E-state index in [9.17, 15) is 9.18 Å². The highest BCUT2D eigenvalue weighted by atomic mass is 35.5. The molecule has 4 nitrogen and oxygen atoms in total. The first-order valence-electron chi connectivity index (χ1n) is 8.34. The van der Waals surface area contributed by atoms with Crippen molar-refractivity contribution in [2.24, 2.45) is 0 Å². The highest BCUT2D eigenvalue weighted by Crippen LogP contribution is 2.29. The fourth-order valence-corrected chi connectivity index (χ4v) is 3.42. The maximum absolute atomic E-state index is 13.7. The van der Waals surface area contributed by atoms with Gasteiger partial charge in [0.05, 0.1) is 24.3 Å². The molecule has 0 spiro atoms. The summed E-state index contributed by atoms with van der Waals surface area (Å²) < 4.78 is 19.0. The highest BCUT2D eigenvalue weighted by molar-refractivity contribution is 6.35. The number of nitrogens with one attached hydrogen (secondary N) is 1. The summed E-state index contributed by atoms with van der Waals surface area (Å²) in [5.74, 6) is -0.820. The molecule has 1 unspecified atom stereocenters. The van der Waals surface area contributed by atoms with Crippen LogP contribution in [0.4, 0.5) is 10.1 Å². The number of morpholine rings is 1. The third kappa shape index (κ3) is 4.29. The summed E-state index contributed by atoms with van der Waals surface area (Å²) in [4.78, 5) is 14.7. The van der Waals surface area contributed by atoms with Crippen molar-refractivity contribution in [3.05, 3.63) is 63.4 Å². The number of ether oxygens (including phenoxy) is 1. The van der Waals surface area contributed by atoms with E-state index in [1.807, 2.05) is 12.1 Å². The van der Waals surface area contributed by atoms with Crippen LogP contribution in [-0.4, -0.2) is 32.2 Å². The molecule has 2 aromatic rings. The fourth-order valence-electron chi connectivity index (χ4n) is 2.87. The Morgan fingerprint density at radius 2 is 1.81 bits per heavy atom. The molecule has 138 valence electrons. The lowest BCUT2D eigenvalue weighted by Gasteiger charge is -2.28. The van der Waals surface area contributed by atoms with Crippen LogP contribution in [0.25, 0.3) is 0 Å². The number of hydrogen-bond donors (Lipinski definition) is 1. The second-order valence-corrected chi connectivity index (χ2v) is 6.94. The predicted octanol–water partition coefficient (Wildman–Crippen LogP) is 4.46. The summed E-state index contributed by atoms with van der Waals surface area (Å²) in [7, 11) is 0. The minimum atomic E-state index is -0.568. The van der Waals surface area contributed by atoms with E-state index in [1.165, 1.54) is 12.1 Å². The van der Waals surface area contributed by atoms with E-state index in [0.29, 0.717) is 29.4 Å². The normalized spacial score (nSPS) is 15.6. The minimum Gasteiger partial charge on any atom is -0.378 e. The molecule has 7 heteroatoms. The number of benzene rings is 2. The van der Waals surface area contributed by atoms with Gasteiger partial charge in [-0.1, -0.05) is 23.2 Å². The molecule has 1 saturated heterocycles. The van der Waals surface area contributed by atoms with Crippen molar-refractivity contribution >= 4 is 34.8 Å². The molecule has 1 aliphatic heterocycles. The van der Waals surface area contributed by atoms with Gasteiger partial charge >= 0.3 is 0 Å². The summed E-state index contributed by atoms with van der Waals surface area (Å²) >= 11 is 11.8. The van der Waals surface area contributed by atoms with Crippen LogP contribution in [-0.2, 0) is 4.74 Å². The van der Waals surface area contributed by atoms with Crippen molar-refractivity contribution in [1.82, 2.24) is 5.32 Å². The van der Waals surface area contributed by atoms with Crippen LogP contribution in [0, 0.1) is 5.82 Å². The molecule has 3 rings (SSSR count). The number of nitrogens with zero attached hydrogens (tertiary/aromatic N) is 1. The molecule has 2 aromatic carbocycles. The van der Waals surface area contributed by atoms with E-state index < -0.39 is 11.9 Å².